The first-order valence-corrected chi connectivity index (χ1v) is 25.1. The number of para-hydroxylation sites is 1. The van der Waals surface area contributed by atoms with E-state index in [1.807, 2.05) is 0 Å². The molecule has 6 aliphatic rings. The molecule has 4 atom stereocenters. The third kappa shape index (κ3) is 5.21. The van der Waals surface area contributed by atoms with Crippen LogP contribution in [0.2, 0.25) is 0 Å². The van der Waals surface area contributed by atoms with Gasteiger partial charge < -0.3 is 14.7 Å². The molecule has 0 bridgehead atoms. The van der Waals surface area contributed by atoms with E-state index in [1.165, 1.54) is 128 Å². The highest BCUT2D eigenvalue weighted by atomic mass is 15.3. The number of fused-ring (bicyclic) bond motifs is 10. The first kappa shape index (κ1) is 41.2. The Morgan fingerprint density at radius 2 is 1.14 bits per heavy atom. The highest BCUT2D eigenvalue weighted by Gasteiger charge is 2.64. The van der Waals surface area contributed by atoms with Gasteiger partial charge in [0.25, 0.3) is 6.71 Å². The lowest BCUT2D eigenvalue weighted by Gasteiger charge is -2.54. The fraction of sp³-hybridized carbons (Fsp3) is 0.410. The first-order valence-electron chi connectivity index (χ1n) is 25.1. The molecule has 0 N–H and O–H groups in total. The second-order valence-corrected chi connectivity index (χ2v) is 23.9. The summed E-state index contributed by atoms with van der Waals surface area (Å²) in [5.74, 6) is 0. The quantitative estimate of drug-likeness (QED) is 0.164. The summed E-state index contributed by atoms with van der Waals surface area (Å²) in [6.07, 6.45) is 9.68. The lowest BCUT2D eigenvalue weighted by atomic mass is 9.32. The summed E-state index contributed by atoms with van der Waals surface area (Å²) in [6.45, 7) is 27.0. The van der Waals surface area contributed by atoms with E-state index in [-0.39, 0.29) is 39.5 Å². The fourth-order valence-electron chi connectivity index (χ4n) is 15.1. The molecule has 3 nitrogen and oxygen atoms in total. The highest BCUT2D eigenvalue weighted by molar-refractivity contribution is 7.00. The first-order chi connectivity index (χ1) is 30.9. The van der Waals surface area contributed by atoms with Crippen LogP contribution in [0.4, 0.5) is 39.8 Å². The zero-order chi connectivity index (χ0) is 45.2. The van der Waals surface area contributed by atoms with Crippen molar-refractivity contribution in [1.82, 2.24) is 0 Å². The molecule has 0 radical (unpaired) electrons. The van der Waals surface area contributed by atoms with Gasteiger partial charge in [-0.2, -0.15) is 0 Å². The van der Waals surface area contributed by atoms with Gasteiger partial charge in [-0.25, -0.2) is 0 Å². The van der Waals surface area contributed by atoms with E-state index < -0.39 is 0 Å². The largest absolute Gasteiger partial charge is 0.335 e. The van der Waals surface area contributed by atoms with E-state index in [4.69, 9.17) is 0 Å². The SMILES string of the molecule is Cc1cc(C)c2c3c1B1c4cc(C(C)(C)C)ccc4N(c4ccc(C(C)(C)C)cc4)c4cc(N5c6ccccc6C6(c7ccccc7)CCCCC56C)cc(c41)N3C1(C)CCCCC21C. The highest BCUT2D eigenvalue weighted by Crippen LogP contribution is 2.66. The van der Waals surface area contributed by atoms with Gasteiger partial charge in [0.2, 0.25) is 0 Å². The summed E-state index contributed by atoms with van der Waals surface area (Å²) in [5, 5.41) is 0. The van der Waals surface area contributed by atoms with Crippen molar-refractivity contribution >= 4 is 62.9 Å². The maximum Gasteiger partial charge on any atom is 0.252 e. The molecule has 4 heterocycles. The minimum atomic E-state index is -0.177. The van der Waals surface area contributed by atoms with E-state index in [1.54, 1.807) is 5.56 Å². The maximum absolute atomic E-state index is 2.96. The average Bonchev–Trinajstić information content (AvgIpc) is 3.65. The molecule has 2 fully saturated rings. The Bertz CT molecular complexity index is 2950. The maximum atomic E-state index is 2.96. The molecule has 4 aliphatic heterocycles. The van der Waals surface area contributed by atoms with Crippen molar-refractivity contribution in [3.8, 4) is 0 Å². The van der Waals surface area contributed by atoms with Crippen molar-refractivity contribution in [1.29, 1.82) is 0 Å². The molecule has 6 aromatic carbocycles. The van der Waals surface area contributed by atoms with Crippen LogP contribution in [0.15, 0.2) is 115 Å². The predicted molar refractivity (Wildman–Crippen MR) is 278 cm³/mol. The second-order valence-electron chi connectivity index (χ2n) is 23.9. The van der Waals surface area contributed by atoms with Crippen molar-refractivity contribution in [2.24, 2.45) is 0 Å². The zero-order valence-corrected chi connectivity index (χ0v) is 41.0. The van der Waals surface area contributed by atoms with Gasteiger partial charge in [0.05, 0.1) is 11.1 Å². The molecule has 12 rings (SSSR count). The number of hydrogen-bond acceptors (Lipinski definition) is 3. The minimum Gasteiger partial charge on any atom is -0.335 e. The zero-order valence-electron chi connectivity index (χ0n) is 41.0. The Morgan fingerprint density at radius 1 is 0.508 bits per heavy atom. The van der Waals surface area contributed by atoms with Crippen LogP contribution in [-0.2, 0) is 21.7 Å². The van der Waals surface area contributed by atoms with Crippen LogP contribution in [0.3, 0.4) is 0 Å². The van der Waals surface area contributed by atoms with Gasteiger partial charge in [0.1, 0.15) is 0 Å². The van der Waals surface area contributed by atoms with Crippen LogP contribution in [-0.4, -0.2) is 17.8 Å². The van der Waals surface area contributed by atoms with Gasteiger partial charge >= 0.3 is 0 Å². The molecule has 2 aliphatic carbocycles. The Labute approximate surface area is 390 Å². The van der Waals surface area contributed by atoms with Crippen molar-refractivity contribution in [2.75, 3.05) is 14.7 Å². The summed E-state index contributed by atoms with van der Waals surface area (Å²) >= 11 is 0. The molecule has 4 unspecified atom stereocenters. The molecule has 2 saturated carbocycles. The summed E-state index contributed by atoms with van der Waals surface area (Å²) in [5.41, 5.74) is 23.9. The molecule has 4 heteroatoms. The Balaban J connectivity index is 1.22. The normalized spacial score (nSPS) is 26.0. The van der Waals surface area contributed by atoms with E-state index >= 15 is 0 Å². The second kappa shape index (κ2) is 13.5. The van der Waals surface area contributed by atoms with Crippen molar-refractivity contribution in [3.63, 3.8) is 0 Å². The Hall–Kier alpha value is -5.22. The molecule has 0 spiro atoms. The van der Waals surface area contributed by atoms with Crippen LogP contribution in [0, 0.1) is 13.8 Å². The molecular weight excluding hydrogens is 786 g/mol. The average molecular weight is 854 g/mol. The van der Waals surface area contributed by atoms with Gasteiger partial charge in [-0.15, -0.1) is 0 Å². The molecule has 330 valence electrons. The van der Waals surface area contributed by atoms with Crippen LogP contribution in [0.5, 0.6) is 0 Å². The molecule has 0 amide bonds. The van der Waals surface area contributed by atoms with E-state index in [0.717, 1.165) is 12.8 Å². The van der Waals surface area contributed by atoms with E-state index in [0.29, 0.717) is 0 Å². The lowest BCUT2D eigenvalue weighted by molar-refractivity contribution is 0.194. The van der Waals surface area contributed by atoms with Crippen LogP contribution in [0.1, 0.15) is 153 Å². The standard InChI is InChI=1S/C61H68BN3/c1-39-35-40(2)53-55-52(39)58(9)31-17-18-32-59(58,10)65(55)51-38-45(64-48-24-16-15-23-46(48)61(42-21-13-12-14-22-42)34-20-19-33-60(61,64)11)37-50-54(51)62(53)47-36-43(57(6,7)8)27-30-49(47)63(50)44-28-25-41(26-29-44)56(3,4)5/h12-16,21-30,35-38H,17-20,31-34H2,1-11H3. The summed E-state index contributed by atoms with van der Waals surface area (Å²) < 4.78 is 0. The number of nitrogens with zero attached hydrogens (tertiary/aromatic N) is 3. The summed E-state index contributed by atoms with van der Waals surface area (Å²) in [4.78, 5) is 8.50. The topological polar surface area (TPSA) is 9.72 Å². The van der Waals surface area contributed by atoms with Gasteiger partial charge in [-0.05, 0) is 150 Å². The Kier molecular flexibility index (Phi) is 8.53. The van der Waals surface area contributed by atoms with Crippen LogP contribution < -0.4 is 31.1 Å². The van der Waals surface area contributed by atoms with Crippen LogP contribution in [0.25, 0.3) is 0 Å². The lowest BCUT2D eigenvalue weighted by Crippen LogP contribution is -2.65. The van der Waals surface area contributed by atoms with E-state index in [9.17, 15) is 0 Å². The number of aryl methyl sites for hydroxylation is 2. The number of anilines is 7. The van der Waals surface area contributed by atoms with Crippen LogP contribution >= 0.6 is 0 Å². The molecular formula is C61H68BN3. The molecule has 65 heavy (non-hydrogen) atoms. The third-order valence-corrected chi connectivity index (χ3v) is 18.4. The minimum absolute atomic E-state index is 0.00584. The van der Waals surface area contributed by atoms with Gasteiger partial charge in [0.15, 0.2) is 0 Å². The van der Waals surface area contributed by atoms with E-state index in [2.05, 4.69) is 206 Å². The number of benzene rings is 6. The smallest absolute Gasteiger partial charge is 0.252 e. The van der Waals surface area contributed by atoms with Gasteiger partial charge in [-0.1, -0.05) is 159 Å². The Morgan fingerprint density at radius 3 is 1.86 bits per heavy atom. The molecule has 0 saturated heterocycles. The summed E-state index contributed by atoms with van der Waals surface area (Å²) in [6, 6.07) is 46.1. The molecule has 0 aromatic heterocycles. The predicted octanol–water partition coefficient (Wildman–Crippen LogP) is 14.0. The van der Waals surface area contributed by atoms with Crippen molar-refractivity contribution < 1.29 is 0 Å². The van der Waals surface area contributed by atoms with Crippen molar-refractivity contribution in [2.45, 2.75) is 160 Å². The summed E-state index contributed by atoms with van der Waals surface area (Å²) in [7, 11) is 0. The number of hydrogen-bond donors (Lipinski definition) is 0. The van der Waals surface area contributed by atoms with Crippen molar-refractivity contribution in [3.05, 3.63) is 154 Å². The monoisotopic (exact) mass is 854 g/mol. The number of rotatable bonds is 3. The van der Waals surface area contributed by atoms with Gasteiger partial charge in [0, 0.05) is 50.6 Å². The third-order valence-electron chi connectivity index (χ3n) is 18.4. The van der Waals surface area contributed by atoms with Gasteiger partial charge in [-0.3, -0.25) is 0 Å². The fourth-order valence-corrected chi connectivity index (χ4v) is 15.1. The molecule has 6 aromatic rings.